The first-order valence-electron chi connectivity index (χ1n) is 9.74. The lowest BCUT2D eigenvalue weighted by Gasteiger charge is -2.34. The van der Waals surface area contributed by atoms with Crippen molar-refractivity contribution in [3.63, 3.8) is 0 Å². The number of rotatable bonds is 8. The van der Waals surface area contributed by atoms with E-state index in [0.717, 1.165) is 16.9 Å². The van der Waals surface area contributed by atoms with Gasteiger partial charge in [0.1, 0.15) is 0 Å². The molecule has 0 radical (unpaired) electrons. The number of hydrogen-bond donors (Lipinski definition) is 2. The summed E-state index contributed by atoms with van der Waals surface area (Å²) < 4.78 is 0. The lowest BCUT2D eigenvalue weighted by molar-refractivity contribution is -0.115. The third-order valence-electron chi connectivity index (χ3n) is 4.64. The first kappa shape index (κ1) is 22.8. The van der Waals surface area contributed by atoms with Crippen LogP contribution in [0.4, 0.5) is 16.2 Å². The fraction of sp³-hybridized carbons (Fsp3) is 0.619. The molecule has 0 saturated heterocycles. The molecule has 0 aromatic heterocycles. The molecule has 3 amide bonds. The Balaban J connectivity index is 3.25. The summed E-state index contributed by atoms with van der Waals surface area (Å²) in [5.74, 6) is 0.303. The smallest absolute Gasteiger partial charge is 0.318 e. The van der Waals surface area contributed by atoms with E-state index < -0.39 is 0 Å². The number of benzene rings is 1. The monoisotopic (exact) mass is 376 g/mol. The molecule has 0 fully saturated rings. The van der Waals surface area contributed by atoms with Crippen molar-refractivity contribution in [2.75, 3.05) is 24.3 Å². The minimum absolute atomic E-state index is 0.0245. The number of nitrogens with zero attached hydrogens (tertiary/aromatic N) is 2. The highest BCUT2D eigenvalue weighted by atomic mass is 16.2. The average molecular weight is 377 g/mol. The Morgan fingerprint density at radius 2 is 1.70 bits per heavy atom. The van der Waals surface area contributed by atoms with Gasteiger partial charge in [-0.3, -0.25) is 4.79 Å². The van der Waals surface area contributed by atoms with Crippen molar-refractivity contribution < 1.29 is 9.59 Å². The second-order valence-electron chi connectivity index (χ2n) is 7.86. The van der Waals surface area contributed by atoms with Crippen molar-refractivity contribution in [1.29, 1.82) is 0 Å². The first-order chi connectivity index (χ1) is 12.6. The number of urea groups is 1. The van der Waals surface area contributed by atoms with Crippen LogP contribution in [-0.2, 0) is 11.3 Å². The highest BCUT2D eigenvalue weighted by Crippen LogP contribution is 2.26. The molecular weight excluding hydrogens is 340 g/mol. The largest absolute Gasteiger partial charge is 0.377 e. The van der Waals surface area contributed by atoms with Gasteiger partial charge in [-0.05, 0) is 50.5 Å². The van der Waals surface area contributed by atoms with Gasteiger partial charge in [-0.1, -0.05) is 20.8 Å². The zero-order chi connectivity index (χ0) is 20.7. The summed E-state index contributed by atoms with van der Waals surface area (Å²) >= 11 is 0. The van der Waals surface area contributed by atoms with Crippen LogP contribution in [-0.4, -0.2) is 43.0 Å². The summed E-state index contributed by atoms with van der Waals surface area (Å²) in [5, 5.41) is 5.92. The minimum atomic E-state index is -0.0705. The van der Waals surface area contributed by atoms with Crippen LogP contribution in [0.15, 0.2) is 18.2 Å². The standard InChI is InChI=1S/C21H36N4O2/c1-9-20(26)23-18-10-11-19(24(7)8)17(12-18)13-25(16(6)14(2)3)21(27)22-15(4)5/h10-12,14-16H,9,13H2,1-8H3,(H,22,27)(H,23,26)/t16-/m0/s1. The van der Waals surface area contributed by atoms with Gasteiger partial charge in [-0.2, -0.15) is 0 Å². The molecule has 1 aromatic rings. The van der Waals surface area contributed by atoms with Crippen molar-refractivity contribution in [2.24, 2.45) is 5.92 Å². The Morgan fingerprint density at radius 1 is 1.07 bits per heavy atom. The molecule has 0 aliphatic rings. The summed E-state index contributed by atoms with van der Waals surface area (Å²) in [6.07, 6.45) is 0.429. The van der Waals surface area contributed by atoms with Crippen LogP contribution in [0.1, 0.15) is 53.5 Å². The highest BCUT2D eigenvalue weighted by molar-refractivity contribution is 5.91. The zero-order valence-electron chi connectivity index (χ0n) is 18.1. The molecule has 27 heavy (non-hydrogen) atoms. The molecule has 2 N–H and O–H groups in total. The van der Waals surface area contributed by atoms with E-state index in [1.807, 2.05) is 62.9 Å². The summed E-state index contributed by atoms with van der Waals surface area (Å²) in [5.41, 5.74) is 2.78. The van der Waals surface area contributed by atoms with Gasteiger partial charge in [0.05, 0.1) is 0 Å². The Labute approximate surface area is 164 Å². The van der Waals surface area contributed by atoms with Crippen LogP contribution >= 0.6 is 0 Å². The topological polar surface area (TPSA) is 64.7 Å². The number of hydrogen-bond acceptors (Lipinski definition) is 3. The van der Waals surface area contributed by atoms with Gasteiger partial charge in [-0.15, -0.1) is 0 Å². The molecule has 0 heterocycles. The highest BCUT2D eigenvalue weighted by Gasteiger charge is 2.24. The Bertz CT molecular complexity index is 641. The lowest BCUT2D eigenvalue weighted by Crippen LogP contribution is -2.48. The summed E-state index contributed by atoms with van der Waals surface area (Å²) in [6.45, 7) is 12.5. The number of carbonyl (C=O) groups excluding carboxylic acids is 2. The molecule has 152 valence electrons. The fourth-order valence-electron chi connectivity index (χ4n) is 2.75. The molecule has 1 atom stereocenters. The number of nitrogens with one attached hydrogen (secondary N) is 2. The van der Waals surface area contributed by atoms with Gasteiger partial charge in [0.15, 0.2) is 0 Å². The quantitative estimate of drug-likeness (QED) is 0.719. The SMILES string of the molecule is CCC(=O)Nc1ccc(N(C)C)c(CN(C(=O)NC(C)C)[C@@H](C)C(C)C)c1. The van der Waals surface area contributed by atoms with Gasteiger partial charge >= 0.3 is 6.03 Å². The predicted molar refractivity (Wildman–Crippen MR) is 113 cm³/mol. The van der Waals surface area contributed by atoms with Gasteiger partial charge in [-0.25, -0.2) is 4.79 Å². The predicted octanol–water partition coefficient (Wildman–Crippen LogP) is 4.07. The van der Waals surface area contributed by atoms with Crippen molar-refractivity contribution >= 4 is 23.3 Å². The van der Waals surface area contributed by atoms with E-state index >= 15 is 0 Å². The van der Waals surface area contributed by atoms with E-state index in [0.29, 0.717) is 18.9 Å². The summed E-state index contributed by atoms with van der Waals surface area (Å²) in [7, 11) is 3.96. The maximum Gasteiger partial charge on any atom is 0.318 e. The first-order valence-corrected chi connectivity index (χ1v) is 9.74. The third kappa shape index (κ3) is 6.77. The van der Waals surface area contributed by atoms with E-state index in [4.69, 9.17) is 0 Å². The zero-order valence-corrected chi connectivity index (χ0v) is 18.1. The van der Waals surface area contributed by atoms with Crippen LogP contribution in [0.2, 0.25) is 0 Å². The molecule has 0 spiro atoms. The fourth-order valence-corrected chi connectivity index (χ4v) is 2.75. The number of amides is 3. The number of anilines is 2. The van der Waals surface area contributed by atoms with Gasteiger partial charge in [0.2, 0.25) is 5.91 Å². The van der Waals surface area contributed by atoms with E-state index in [2.05, 4.69) is 31.4 Å². The molecule has 0 aliphatic carbocycles. The van der Waals surface area contributed by atoms with Crippen LogP contribution in [0.5, 0.6) is 0 Å². The molecule has 1 aromatic carbocycles. The normalized spacial score (nSPS) is 12.1. The molecule has 0 unspecified atom stereocenters. The Morgan fingerprint density at radius 3 is 2.19 bits per heavy atom. The van der Waals surface area contributed by atoms with E-state index in [1.165, 1.54) is 0 Å². The Kier molecular flexibility index (Phi) is 8.60. The van der Waals surface area contributed by atoms with Crippen LogP contribution in [0.3, 0.4) is 0 Å². The van der Waals surface area contributed by atoms with Gasteiger partial charge in [0, 0.05) is 50.5 Å². The van der Waals surface area contributed by atoms with E-state index in [1.54, 1.807) is 0 Å². The molecular formula is C21H36N4O2. The van der Waals surface area contributed by atoms with E-state index in [9.17, 15) is 9.59 Å². The van der Waals surface area contributed by atoms with Crippen LogP contribution in [0.25, 0.3) is 0 Å². The van der Waals surface area contributed by atoms with E-state index in [-0.39, 0.29) is 24.0 Å². The molecule has 6 nitrogen and oxygen atoms in total. The van der Waals surface area contributed by atoms with Crippen molar-refractivity contribution in [1.82, 2.24) is 10.2 Å². The maximum atomic E-state index is 12.8. The van der Waals surface area contributed by atoms with Crippen LogP contribution in [0, 0.1) is 5.92 Å². The van der Waals surface area contributed by atoms with Crippen molar-refractivity contribution in [2.45, 2.75) is 66.6 Å². The lowest BCUT2D eigenvalue weighted by atomic mass is 10.0. The minimum Gasteiger partial charge on any atom is -0.377 e. The van der Waals surface area contributed by atoms with Crippen molar-refractivity contribution in [3.05, 3.63) is 23.8 Å². The van der Waals surface area contributed by atoms with Gasteiger partial charge in [0.25, 0.3) is 0 Å². The molecule has 6 heteroatoms. The third-order valence-corrected chi connectivity index (χ3v) is 4.64. The van der Waals surface area contributed by atoms with Crippen LogP contribution < -0.4 is 15.5 Å². The maximum absolute atomic E-state index is 12.8. The molecule has 0 saturated carbocycles. The summed E-state index contributed by atoms with van der Waals surface area (Å²) in [4.78, 5) is 28.5. The molecule has 0 aliphatic heterocycles. The molecule has 1 rings (SSSR count). The van der Waals surface area contributed by atoms with Gasteiger partial charge < -0.3 is 20.4 Å². The average Bonchev–Trinajstić information content (AvgIpc) is 2.57. The Hall–Kier alpha value is -2.24. The van der Waals surface area contributed by atoms with Crippen molar-refractivity contribution in [3.8, 4) is 0 Å². The molecule has 0 bridgehead atoms. The second kappa shape index (κ2) is 10.2. The second-order valence-corrected chi connectivity index (χ2v) is 7.86. The number of carbonyl (C=O) groups is 2. The summed E-state index contributed by atoms with van der Waals surface area (Å²) in [6, 6.07) is 5.93.